The lowest BCUT2D eigenvalue weighted by molar-refractivity contribution is -0.168. The normalized spacial score (nSPS) is 11.1. The van der Waals surface area contributed by atoms with E-state index in [2.05, 4.69) is 0 Å². The zero-order valence-electron chi connectivity index (χ0n) is 9.06. The molecule has 1 aromatic rings. The molecule has 3 heteroatoms. The van der Waals surface area contributed by atoms with Gasteiger partial charge in [-0.15, -0.1) is 0 Å². The summed E-state index contributed by atoms with van der Waals surface area (Å²) >= 11 is 0. The van der Waals surface area contributed by atoms with Crippen molar-refractivity contribution in [3.05, 3.63) is 35.9 Å². The first kappa shape index (κ1) is 11.7. The van der Waals surface area contributed by atoms with Crippen molar-refractivity contribution in [1.29, 1.82) is 0 Å². The summed E-state index contributed by atoms with van der Waals surface area (Å²) in [7, 11) is 0. The Kier molecular flexibility index (Phi) is 3.86. The number of esters is 1. The Morgan fingerprint density at radius 3 is 2.27 bits per heavy atom. The highest BCUT2D eigenvalue weighted by Crippen LogP contribution is 2.18. The van der Waals surface area contributed by atoms with Gasteiger partial charge in [0.1, 0.15) is 0 Å². The third-order valence-electron chi connectivity index (χ3n) is 2.40. The van der Waals surface area contributed by atoms with Crippen LogP contribution in [0.4, 0.5) is 0 Å². The van der Waals surface area contributed by atoms with Gasteiger partial charge in [-0.2, -0.15) is 0 Å². The van der Waals surface area contributed by atoms with Crippen molar-refractivity contribution in [3.63, 3.8) is 0 Å². The fourth-order valence-electron chi connectivity index (χ4n) is 1.20. The first-order chi connectivity index (χ1) is 7.11. The van der Waals surface area contributed by atoms with E-state index >= 15 is 0 Å². The predicted molar refractivity (Wildman–Crippen MR) is 57.4 cm³/mol. The zero-order valence-corrected chi connectivity index (χ0v) is 9.06. The molecule has 0 saturated carbocycles. The molecule has 0 spiro atoms. The molecule has 0 heterocycles. The van der Waals surface area contributed by atoms with Crippen LogP contribution in [0.15, 0.2) is 30.3 Å². The maximum Gasteiger partial charge on any atom is 0.340 e. The van der Waals surface area contributed by atoms with E-state index in [1.165, 1.54) is 0 Å². The number of carbonyl (C=O) groups is 1. The highest BCUT2D eigenvalue weighted by molar-refractivity contribution is 5.89. The van der Waals surface area contributed by atoms with Crippen LogP contribution in [0.5, 0.6) is 0 Å². The summed E-state index contributed by atoms with van der Waals surface area (Å²) in [4.78, 5) is 11.6. The minimum absolute atomic E-state index is 0.391. The summed E-state index contributed by atoms with van der Waals surface area (Å²) in [5, 5.41) is 9.82. The van der Waals surface area contributed by atoms with Crippen LogP contribution in [0.1, 0.15) is 37.0 Å². The van der Waals surface area contributed by atoms with E-state index in [0.29, 0.717) is 18.4 Å². The van der Waals surface area contributed by atoms with E-state index in [1.807, 2.05) is 6.07 Å². The number of rotatable bonds is 4. The van der Waals surface area contributed by atoms with Gasteiger partial charge in [0.15, 0.2) is 0 Å². The van der Waals surface area contributed by atoms with E-state index < -0.39 is 11.8 Å². The first-order valence-electron chi connectivity index (χ1n) is 5.12. The van der Waals surface area contributed by atoms with E-state index in [0.717, 1.165) is 0 Å². The van der Waals surface area contributed by atoms with Crippen molar-refractivity contribution >= 4 is 5.97 Å². The van der Waals surface area contributed by atoms with Crippen molar-refractivity contribution in [3.8, 4) is 0 Å². The SMILES string of the molecule is CCC(O)(CC)OC(=O)c1ccccc1. The highest BCUT2D eigenvalue weighted by atomic mass is 16.7. The molecule has 0 bridgehead atoms. The molecule has 0 aromatic heterocycles. The summed E-state index contributed by atoms with van der Waals surface area (Å²) in [5.41, 5.74) is 0.456. The Bertz CT molecular complexity index is 315. The fourth-order valence-corrected chi connectivity index (χ4v) is 1.20. The van der Waals surface area contributed by atoms with Gasteiger partial charge in [0.05, 0.1) is 5.56 Å². The van der Waals surface area contributed by atoms with Gasteiger partial charge in [-0.1, -0.05) is 32.0 Å². The molecule has 0 fully saturated rings. The molecule has 0 aliphatic rings. The number of aliphatic hydroxyl groups is 1. The van der Waals surface area contributed by atoms with E-state index in [4.69, 9.17) is 4.74 Å². The fraction of sp³-hybridized carbons (Fsp3) is 0.417. The van der Waals surface area contributed by atoms with Crippen LogP contribution in [0.3, 0.4) is 0 Å². The average molecular weight is 208 g/mol. The average Bonchev–Trinajstić information content (AvgIpc) is 2.30. The Hall–Kier alpha value is -1.35. The lowest BCUT2D eigenvalue weighted by Crippen LogP contribution is -2.33. The van der Waals surface area contributed by atoms with Gasteiger partial charge < -0.3 is 9.84 Å². The molecule has 0 atom stereocenters. The molecular formula is C12H16O3. The molecule has 82 valence electrons. The molecule has 3 nitrogen and oxygen atoms in total. The third kappa shape index (κ3) is 3.06. The molecule has 0 amide bonds. The second-order valence-electron chi connectivity index (χ2n) is 3.41. The van der Waals surface area contributed by atoms with Crippen molar-refractivity contribution in [2.45, 2.75) is 32.5 Å². The molecule has 0 saturated heterocycles. The summed E-state index contributed by atoms with van der Waals surface area (Å²) in [6.07, 6.45) is 0.782. The van der Waals surface area contributed by atoms with E-state index in [1.54, 1.807) is 38.1 Å². The summed E-state index contributed by atoms with van der Waals surface area (Å²) < 4.78 is 5.04. The summed E-state index contributed by atoms with van der Waals surface area (Å²) in [5.74, 6) is -1.82. The van der Waals surface area contributed by atoms with Crippen LogP contribution >= 0.6 is 0 Å². The van der Waals surface area contributed by atoms with Crippen LogP contribution in [0.2, 0.25) is 0 Å². The van der Waals surface area contributed by atoms with Gasteiger partial charge in [-0.25, -0.2) is 4.79 Å². The molecular weight excluding hydrogens is 192 g/mol. The minimum atomic E-state index is -1.34. The largest absolute Gasteiger partial charge is 0.430 e. The van der Waals surface area contributed by atoms with Crippen LogP contribution < -0.4 is 0 Å². The highest BCUT2D eigenvalue weighted by Gasteiger charge is 2.27. The lowest BCUT2D eigenvalue weighted by atomic mass is 10.1. The van der Waals surface area contributed by atoms with Crippen LogP contribution in [-0.4, -0.2) is 16.9 Å². The maximum atomic E-state index is 11.6. The predicted octanol–water partition coefficient (Wildman–Crippen LogP) is 2.35. The molecule has 1 N–H and O–H groups in total. The summed E-state index contributed by atoms with van der Waals surface area (Å²) in [6, 6.07) is 8.66. The molecule has 0 aliphatic heterocycles. The van der Waals surface area contributed by atoms with Gasteiger partial charge in [0.2, 0.25) is 5.79 Å². The molecule has 0 radical (unpaired) electrons. The maximum absolute atomic E-state index is 11.6. The van der Waals surface area contributed by atoms with Crippen LogP contribution in [0.25, 0.3) is 0 Å². The van der Waals surface area contributed by atoms with Crippen molar-refractivity contribution in [1.82, 2.24) is 0 Å². The zero-order chi connectivity index (χ0) is 11.3. The van der Waals surface area contributed by atoms with Gasteiger partial charge in [0, 0.05) is 12.8 Å². The first-order valence-corrected chi connectivity index (χ1v) is 5.12. The molecule has 15 heavy (non-hydrogen) atoms. The Morgan fingerprint density at radius 1 is 1.27 bits per heavy atom. The topological polar surface area (TPSA) is 46.5 Å². The van der Waals surface area contributed by atoms with Gasteiger partial charge >= 0.3 is 5.97 Å². The number of carbonyl (C=O) groups excluding carboxylic acids is 1. The molecule has 0 aliphatic carbocycles. The number of ether oxygens (including phenoxy) is 1. The smallest absolute Gasteiger partial charge is 0.340 e. The van der Waals surface area contributed by atoms with E-state index in [9.17, 15) is 9.90 Å². The second-order valence-corrected chi connectivity index (χ2v) is 3.41. The second kappa shape index (κ2) is 4.94. The van der Waals surface area contributed by atoms with E-state index in [-0.39, 0.29) is 0 Å². The third-order valence-corrected chi connectivity index (χ3v) is 2.40. The summed E-state index contributed by atoms with van der Waals surface area (Å²) in [6.45, 7) is 3.56. The molecule has 0 unspecified atom stereocenters. The molecule has 1 aromatic carbocycles. The molecule has 1 rings (SSSR count). The quantitative estimate of drug-likeness (QED) is 0.610. The van der Waals surface area contributed by atoms with Gasteiger partial charge in [0.25, 0.3) is 0 Å². The van der Waals surface area contributed by atoms with Crippen LogP contribution in [-0.2, 0) is 4.74 Å². The Balaban J connectivity index is 2.72. The number of hydrogen-bond donors (Lipinski definition) is 1. The lowest BCUT2D eigenvalue weighted by Gasteiger charge is -2.24. The monoisotopic (exact) mass is 208 g/mol. The van der Waals surface area contributed by atoms with Crippen molar-refractivity contribution in [2.24, 2.45) is 0 Å². The number of hydrogen-bond acceptors (Lipinski definition) is 3. The van der Waals surface area contributed by atoms with Crippen molar-refractivity contribution in [2.75, 3.05) is 0 Å². The van der Waals surface area contributed by atoms with Gasteiger partial charge in [-0.3, -0.25) is 0 Å². The minimum Gasteiger partial charge on any atom is -0.430 e. The number of benzene rings is 1. The van der Waals surface area contributed by atoms with Gasteiger partial charge in [-0.05, 0) is 12.1 Å². The van der Waals surface area contributed by atoms with Crippen LogP contribution in [0, 0.1) is 0 Å². The Morgan fingerprint density at radius 2 is 1.80 bits per heavy atom. The van der Waals surface area contributed by atoms with Crippen molar-refractivity contribution < 1.29 is 14.6 Å². The Labute approximate surface area is 89.7 Å². The standard InChI is InChI=1S/C12H16O3/c1-3-12(14,4-2)15-11(13)10-8-6-5-7-9-10/h5-9,14H,3-4H2,1-2H3.